The Morgan fingerprint density at radius 1 is 0.623 bits per heavy atom. The van der Waals surface area contributed by atoms with E-state index in [0.717, 1.165) is 64.2 Å². The number of nitrogens with two attached hydrogens (primary N) is 1. The number of unbranched alkanes of at least 4 members (excludes halogenated alkanes) is 15. The first-order valence-corrected chi connectivity index (χ1v) is 22.1. The van der Waals surface area contributed by atoms with Crippen LogP contribution < -0.4 is 5.73 Å². The van der Waals surface area contributed by atoms with E-state index in [1.807, 2.05) is 6.08 Å². The monoisotopic (exact) mass is 766 g/mol. The van der Waals surface area contributed by atoms with Crippen molar-refractivity contribution < 1.29 is 37.9 Å². The van der Waals surface area contributed by atoms with E-state index in [9.17, 15) is 14.3 Å². The number of hydrogen-bond acceptors (Lipinski definition) is 8. The molecule has 0 saturated carbocycles. The second-order valence-corrected chi connectivity index (χ2v) is 14.7. The molecule has 0 saturated heterocycles. The van der Waals surface area contributed by atoms with E-state index < -0.39 is 19.9 Å². The summed E-state index contributed by atoms with van der Waals surface area (Å²) in [6, 6.07) is 0. The molecule has 0 spiro atoms. The fraction of sp³-hybridized carbons (Fsp3) is 0.698. The summed E-state index contributed by atoms with van der Waals surface area (Å²) in [6.45, 7) is 2.14. The third-order valence-corrected chi connectivity index (χ3v) is 9.20. The minimum Gasteiger partial charge on any atom is -0.498 e. The molecule has 0 heterocycles. The number of aliphatic hydroxyl groups is 1. The highest BCUT2D eigenvalue weighted by molar-refractivity contribution is 7.47. The number of carbonyl (C=O) groups excluding carboxylic acids is 1. The van der Waals surface area contributed by atoms with Gasteiger partial charge in [-0.05, 0) is 96.0 Å². The van der Waals surface area contributed by atoms with Gasteiger partial charge in [0.1, 0.15) is 6.61 Å². The van der Waals surface area contributed by atoms with E-state index in [-0.39, 0.29) is 39.4 Å². The summed E-state index contributed by atoms with van der Waals surface area (Å²) in [4.78, 5) is 22.4. The normalized spacial score (nSPS) is 14.2. The van der Waals surface area contributed by atoms with Gasteiger partial charge in [-0.3, -0.25) is 13.8 Å². The maximum absolute atomic E-state index is 12.5. The van der Waals surface area contributed by atoms with E-state index in [1.54, 1.807) is 6.26 Å². The minimum absolute atomic E-state index is 0.00341. The molecule has 0 aromatic heterocycles. The van der Waals surface area contributed by atoms with Crippen molar-refractivity contribution in [1.29, 1.82) is 0 Å². The first-order chi connectivity index (χ1) is 25.9. The highest BCUT2D eigenvalue weighted by Crippen LogP contribution is 2.43. The van der Waals surface area contributed by atoms with Gasteiger partial charge in [-0.25, -0.2) is 4.57 Å². The fourth-order valence-corrected chi connectivity index (χ4v) is 5.93. The second kappa shape index (κ2) is 40.9. The highest BCUT2D eigenvalue weighted by atomic mass is 31.2. The number of carbonyl (C=O) groups is 1. The number of aliphatic hydroxyl groups excluding tert-OH is 1. The van der Waals surface area contributed by atoms with Gasteiger partial charge < -0.3 is 25.2 Å². The van der Waals surface area contributed by atoms with Crippen molar-refractivity contribution in [2.45, 2.75) is 161 Å². The molecule has 0 aromatic rings. The summed E-state index contributed by atoms with van der Waals surface area (Å²) in [5, 5.41) is 8.79. The smallest absolute Gasteiger partial charge is 0.472 e. The zero-order valence-electron chi connectivity index (χ0n) is 33.2. The molecule has 9 nitrogen and oxygen atoms in total. The number of rotatable bonds is 39. The molecule has 0 rings (SSSR count). The zero-order valence-corrected chi connectivity index (χ0v) is 34.1. The molecule has 0 aromatic carbocycles. The Bertz CT molecular complexity index is 1040. The Morgan fingerprint density at radius 3 is 1.64 bits per heavy atom. The van der Waals surface area contributed by atoms with Crippen LogP contribution in [0.1, 0.15) is 155 Å². The lowest BCUT2D eigenvalue weighted by Gasteiger charge is -2.19. The number of phosphoric acid groups is 1. The van der Waals surface area contributed by atoms with Crippen LogP contribution in [-0.2, 0) is 27.9 Å². The van der Waals surface area contributed by atoms with Crippen LogP contribution in [0.3, 0.4) is 0 Å². The number of phosphoric ester groups is 1. The number of hydrogen-bond donors (Lipinski definition) is 3. The standard InChI is InChI=1S/C43H76NO8P/c1-2-3-4-5-6-7-8-9-10-16-19-22-25-28-31-34-38-49-40-42(41-51-53(47,48)50-39-36-44)52-43(46)35-32-29-26-23-20-17-14-12-11-13-15-18-21-24-27-30-33-37-45/h7-8,11,13-14,17-18,21,23,26,34,38,42,45H,2-6,9-10,12,15-16,19-20,22,24-25,27-33,35-37,39-41,44H2,1H3,(H,47,48)/b8-7-,13-11-,17-14-,21-18-,26-23-,38-34+/t42-/m1/s1. The van der Waals surface area contributed by atoms with E-state index in [2.05, 4.69) is 67.7 Å². The zero-order chi connectivity index (χ0) is 38.8. The highest BCUT2D eigenvalue weighted by Gasteiger charge is 2.25. The molecule has 0 aliphatic rings. The predicted molar refractivity (Wildman–Crippen MR) is 220 cm³/mol. The van der Waals surface area contributed by atoms with Crippen molar-refractivity contribution in [1.82, 2.24) is 0 Å². The van der Waals surface area contributed by atoms with Crippen LogP contribution in [-0.4, -0.2) is 55.0 Å². The predicted octanol–water partition coefficient (Wildman–Crippen LogP) is 11.3. The lowest BCUT2D eigenvalue weighted by atomic mass is 10.1. The molecule has 0 aliphatic carbocycles. The van der Waals surface area contributed by atoms with Gasteiger partial charge in [-0.2, -0.15) is 0 Å². The van der Waals surface area contributed by atoms with Crippen LogP contribution in [0.25, 0.3) is 0 Å². The van der Waals surface area contributed by atoms with Crippen LogP contribution in [0.15, 0.2) is 73.1 Å². The van der Waals surface area contributed by atoms with Gasteiger partial charge in [-0.15, -0.1) is 0 Å². The number of esters is 1. The summed E-state index contributed by atoms with van der Waals surface area (Å²) in [7, 11) is -4.32. The molecular formula is C43H76NO8P. The van der Waals surface area contributed by atoms with Crippen LogP contribution in [0.2, 0.25) is 0 Å². The average molecular weight is 766 g/mol. The van der Waals surface area contributed by atoms with Crippen molar-refractivity contribution in [2.75, 3.05) is 33.0 Å². The first kappa shape index (κ1) is 50.7. The van der Waals surface area contributed by atoms with Gasteiger partial charge in [0, 0.05) is 19.6 Å². The molecular weight excluding hydrogens is 689 g/mol. The van der Waals surface area contributed by atoms with Crippen LogP contribution >= 0.6 is 7.82 Å². The van der Waals surface area contributed by atoms with Crippen molar-refractivity contribution in [3.63, 3.8) is 0 Å². The Hall–Kier alpha value is -2.26. The van der Waals surface area contributed by atoms with Gasteiger partial charge in [0.15, 0.2) is 6.10 Å². The molecule has 0 radical (unpaired) electrons. The molecule has 10 heteroatoms. The molecule has 0 aliphatic heterocycles. The third kappa shape index (κ3) is 40.8. The van der Waals surface area contributed by atoms with Crippen LogP contribution in [0, 0.1) is 0 Å². The summed E-state index contributed by atoms with van der Waals surface area (Å²) in [5.74, 6) is -0.420. The van der Waals surface area contributed by atoms with E-state index in [1.165, 1.54) is 70.6 Å². The van der Waals surface area contributed by atoms with Gasteiger partial charge in [-0.1, -0.05) is 119 Å². The van der Waals surface area contributed by atoms with Crippen molar-refractivity contribution in [2.24, 2.45) is 5.73 Å². The van der Waals surface area contributed by atoms with E-state index in [4.69, 9.17) is 29.4 Å². The van der Waals surface area contributed by atoms with E-state index >= 15 is 0 Å². The SMILES string of the molecule is CCCCCC/C=C\CCCCCCCC/C=C/OC[C@H](COP(=O)(O)OCCN)OC(=O)CCC/C=C\C/C=C\C/C=C\C/C=C\CCCCCO. The summed E-state index contributed by atoms with van der Waals surface area (Å²) in [6.07, 6.45) is 48.8. The van der Waals surface area contributed by atoms with Crippen LogP contribution in [0.5, 0.6) is 0 Å². The van der Waals surface area contributed by atoms with Gasteiger partial charge in [0.25, 0.3) is 0 Å². The third-order valence-electron chi connectivity index (χ3n) is 8.21. The Morgan fingerprint density at radius 2 is 1.09 bits per heavy atom. The van der Waals surface area contributed by atoms with Gasteiger partial charge >= 0.3 is 13.8 Å². The lowest BCUT2D eigenvalue weighted by molar-refractivity contribution is -0.153. The van der Waals surface area contributed by atoms with Gasteiger partial charge in [0.05, 0.1) is 19.5 Å². The summed E-state index contributed by atoms with van der Waals surface area (Å²) < 4.78 is 33.0. The first-order valence-electron chi connectivity index (χ1n) is 20.6. The van der Waals surface area contributed by atoms with E-state index in [0.29, 0.717) is 6.42 Å². The molecule has 0 bridgehead atoms. The van der Waals surface area contributed by atoms with Gasteiger partial charge in [0.2, 0.25) is 0 Å². The van der Waals surface area contributed by atoms with Crippen molar-refractivity contribution >= 4 is 13.8 Å². The fourth-order valence-electron chi connectivity index (χ4n) is 5.16. The molecule has 2 atom stereocenters. The average Bonchev–Trinajstić information content (AvgIpc) is 3.15. The van der Waals surface area contributed by atoms with Crippen molar-refractivity contribution in [3.05, 3.63) is 73.1 Å². The molecule has 306 valence electrons. The van der Waals surface area contributed by atoms with Crippen molar-refractivity contribution in [3.8, 4) is 0 Å². The Kier molecular flexibility index (Phi) is 39.2. The largest absolute Gasteiger partial charge is 0.498 e. The summed E-state index contributed by atoms with van der Waals surface area (Å²) >= 11 is 0. The lowest BCUT2D eigenvalue weighted by Crippen LogP contribution is -2.27. The molecule has 4 N–H and O–H groups in total. The quantitative estimate of drug-likeness (QED) is 0.0183. The molecule has 0 fully saturated rings. The molecule has 53 heavy (non-hydrogen) atoms. The molecule has 0 amide bonds. The topological polar surface area (TPSA) is 138 Å². The second-order valence-electron chi connectivity index (χ2n) is 13.3. The Labute approximate surface area is 323 Å². The maximum Gasteiger partial charge on any atom is 0.472 e. The van der Waals surface area contributed by atoms with Crippen LogP contribution in [0.4, 0.5) is 0 Å². The summed E-state index contributed by atoms with van der Waals surface area (Å²) in [5.41, 5.74) is 5.35. The Balaban J connectivity index is 4.24. The number of allylic oxidation sites excluding steroid dienone is 11. The number of ether oxygens (including phenoxy) is 2. The maximum atomic E-state index is 12.5. The minimum atomic E-state index is -4.32. The molecule has 1 unspecified atom stereocenters.